The van der Waals surface area contributed by atoms with Crippen LogP contribution in [-0.4, -0.2) is 36.4 Å². The fourth-order valence-electron chi connectivity index (χ4n) is 4.28. The van der Waals surface area contributed by atoms with Crippen LogP contribution in [0.1, 0.15) is 65.5 Å². The van der Waals surface area contributed by atoms with Gasteiger partial charge >= 0.3 is 5.97 Å². The molecule has 0 bridgehead atoms. The standard InChI is InChI=1S/C24H26N2O5/c1-3-31-22(28)11-9-15-20(25-19-6-4-5-7-21(27)23(15)19)13-17-16-12-14(30-2)8-10-18(16)26-24(17)29/h8,10,12-13,25H,3-7,9,11H2,1-2H3,(H,26,29)/b17-13-. The highest BCUT2D eigenvalue weighted by Crippen LogP contribution is 2.37. The van der Waals surface area contributed by atoms with E-state index in [0.29, 0.717) is 47.7 Å². The van der Waals surface area contributed by atoms with Gasteiger partial charge in [-0.05, 0) is 62.4 Å². The second-order valence-electron chi connectivity index (χ2n) is 7.73. The van der Waals surface area contributed by atoms with Gasteiger partial charge in [0.15, 0.2) is 5.78 Å². The number of amides is 1. The molecule has 1 aliphatic carbocycles. The highest BCUT2D eigenvalue weighted by Gasteiger charge is 2.28. The molecule has 2 aliphatic rings. The number of carbonyl (C=O) groups excluding carboxylic acids is 3. The molecule has 7 nitrogen and oxygen atoms in total. The van der Waals surface area contributed by atoms with Crippen LogP contribution in [0.4, 0.5) is 5.69 Å². The van der Waals surface area contributed by atoms with Crippen molar-refractivity contribution >= 4 is 35.0 Å². The monoisotopic (exact) mass is 422 g/mol. The number of fused-ring (bicyclic) bond motifs is 2. The average Bonchev–Trinajstić information content (AvgIpc) is 3.19. The minimum absolute atomic E-state index is 0.0881. The Balaban J connectivity index is 1.78. The minimum atomic E-state index is -0.300. The van der Waals surface area contributed by atoms with Crippen LogP contribution in [0.2, 0.25) is 0 Å². The predicted molar refractivity (Wildman–Crippen MR) is 117 cm³/mol. The van der Waals surface area contributed by atoms with Crippen molar-refractivity contribution in [3.63, 3.8) is 0 Å². The van der Waals surface area contributed by atoms with Crippen LogP contribution in [0.15, 0.2) is 18.2 Å². The number of methoxy groups -OCH3 is 1. The zero-order chi connectivity index (χ0) is 22.0. The molecular weight excluding hydrogens is 396 g/mol. The van der Waals surface area contributed by atoms with Gasteiger partial charge in [-0.1, -0.05) is 0 Å². The number of ether oxygens (including phenoxy) is 2. The fraction of sp³-hybridized carbons (Fsp3) is 0.375. The first-order valence-electron chi connectivity index (χ1n) is 10.7. The van der Waals surface area contributed by atoms with Gasteiger partial charge in [0.2, 0.25) is 0 Å². The Bertz CT molecular complexity index is 1080. The lowest BCUT2D eigenvalue weighted by Gasteiger charge is -2.06. The van der Waals surface area contributed by atoms with Gasteiger partial charge in [-0.2, -0.15) is 0 Å². The largest absolute Gasteiger partial charge is 0.497 e. The van der Waals surface area contributed by atoms with E-state index < -0.39 is 0 Å². The summed E-state index contributed by atoms with van der Waals surface area (Å²) in [5.74, 6) is 0.230. The zero-order valence-electron chi connectivity index (χ0n) is 17.8. The van der Waals surface area contributed by atoms with Gasteiger partial charge in [-0.3, -0.25) is 14.4 Å². The number of H-pyrrole nitrogens is 1. The Kier molecular flexibility index (Phi) is 5.93. The number of ketones is 1. The van der Waals surface area contributed by atoms with Crippen molar-refractivity contribution in [3.8, 4) is 5.75 Å². The van der Waals surface area contributed by atoms with Crippen molar-refractivity contribution in [2.45, 2.75) is 45.4 Å². The van der Waals surface area contributed by atoms with Gasteiger partial charge in [0.25, 0.3) is 5.91 Å². The lowest BCUT2D eigenvalue weighted by molar-refractivity contribution is -0.143. The van der Waals surface area contributed by atoms with E-state index in [4.69, 9.17) is 9.47 Å². The van der Waals surface area contributed by atoms with E-state index >= 15 is 0 Å². The van der Waals surface area contributed by atoms with Gasteiger partial charge in [0.05, 0.1) is 19.3 Å². The summed E-state index contributed by atoms with van der Waals surface area (Å²) in [6.07, 6.45) is 5.38. The fourth-order valence-corrected chi connectivity index (χ4v) is 4.28. The molecule has 4 rings (SSSR count). The summed E-state index contributed by atoms with van der Waals surface area (Å²) in [4.78, 5) is 40.9. The number of hydrogen-bond donors (Lipinski definition) is 2. The Hall–Kier alpha value is -3.35. The first kappa shape index (κ1) is 20.9. The average molecular weight is 422 g/mol. The number of benzene rings is 1. The Morgan fingerprint density at radius 3 is 2.77 bits per heavy atom. The van der Waals surface area contributed by atoms with Crippen LogP contribution in [0.3, 0.4) is 0 Å². The van der Waals surface area contributed by atoms with E-state index in [9.17, 15) is 14.4 Å². The van der Waals surface area contributed by atoms with Gasteiger partial charge < -0.3 is 19.8 Å². The molecule has 1 amide bonds. The van der Waals surface area contributed by atoms with Crippen molar-refractivity contribution in [1.29, 1.82) is 0 Å². The van der Waals surface area contributed by atoms with Gasteiger partial charge in [-0.15, -0.1) is 0 Å². The molecule has 0 saturated carbocycles. The summed E-state index contributed by atoms with van der Waals surface area (Å²) in [5.41, 5.74) is 5.01. The molecule has 0 atom stereocenters. The number of Topliss-reactive ketones (excluding diaryl/α,β-unsaturated/α-hetero) is 1. The topological polar surface area (TPSA) is 97.5 Å². The van der Waals surface area contributed by atoms with E-state index in [1.807, 2.05) is 12.1 Å². The van der Waals surface area contributed by atoms with Crippen LogP contribution in [0.5, 0.6) is 5.75 Å². The molecule has 31 heavy (non-hydrogen) atoms. The second-order valence-corrected chi connectivity index (χ2v) is 7.73. The molecule has 162 valence electrons. The number of esters is 1. The van der Waals surface area contributed by atoms with Gasteiger partial charge in [0.1, 0.15) is 5.75 Å². The number of rotatable bonds is 6. The third-order valence-corrected chi connectivity index (χ3v) is 5.76. The van der Waals surface area contributed by atoms with Crippen molar-refractivity contribution in [2.75, 3.05) is 19.0 Å². The quantitative estimate of drug-likeness (QED) is 0.418. The molecule has 2 N–H and O–H groups in total. The van der Waals surface area contributed by atoms with Gasteiger partial charge in [0, 0.05) is 41.0 Å². The lowest BCUT2D eigenvalue weighted by Crippen LogP contribution is -2.08. The zero-order valence-corrected chi connectivity index (χ0v) is 17.8. The van der Waals surface area contributed by atoms with E-state index in [0.717, 1.165) is 36.1 Å². The molecule has 0 radical (unpaired) electrons. The summed E-state index contributed by atoms with van der Waals surface area (Å²) in [6.45, 7) is 2.09. The van der Waals surface area contributed by atoms with Crippen LogP contribution in [0.25, 0.3) is 11.6 Å². The normalized spacial score (nSPS) is 16.5. The molecule has 1 aromatic carbocycles. The molecule has 0 saturated heterocycles. The summed E-state index contributed by atoms with van der Waals surface area (Å²) < 4.78 is 10.4. The molecule has 1 aromatic heterocycles. The van der Waals surface area contributed by atoms with Crippen molar-refractivity contribution in [1.82, 2.24) is 4.98 Å². The SMILES string of the molecule is CCOC(=O)CCc1c(/C=C2\C(=O)Nc3ccc(OC)cc32)[nH]c2c1C(=O)CCCC2. The Morgan fingerprint density at radius 1 is 1.19 bits per heavy atom. The number of aromatic nitrogens is 1. The number of carbonyl (C=O) groups is 3. The third kappa shape index (κ3) is 4.13. The predicted octanol–water partition coefficient (Wildman–Crippen LogP) is 3.92. The molecule has 1 aliphatic heterocycles. The first-order valence-corrected chi connectivity index (χ1v) is 10.7. The van der Waals surface area contributed by atoms with Crippen LogP contribution < -0.4 is 10.1 Å². The maximum absolute atomic E-state index is 12.8. The number of nitrogens with one attached hydrogen (secondary N) is 2. The number of hydrogen-bond acceptors (Lipinski definition) is 5. The molecular formula is C24H26N2O5. The smallest absolute Gasteiger partial charge is 0.306 e. The molecule has 0 unspecified atom stereocenters. The van der Waals surface area contributed by atoms with Gasteiger partial charge in [-0.25, -0.2) is 0 Å². The first-order chi connectivity index (χ1) is 15.0. The third-order valence-electron chi connectivity index (χ3n) is 5.76. The number of aryl methyl sites for hydroxylation is 1. The molecule has 2 heterocycles. The summed E-state index contributed by atoms with van der Waals surface area (Å²) >= 11 is 0. The summed E-state index contributed by atoms with van der Waals surface area (Å²) in [7, 11) is 1.58. The molecule has 0 spiro atoms. The molecule has 7 heteroatoms. The number of aromatic amines is 1. The van der Waals surface area contributed by atoms with E-state index in [1.165, 1.54) is 0 Å². The maximum Gasteiger partial charge on any atom is 0.306 e. The molecule has 0 fully saturated rings. The van der Waals surface area contributed by atoms with E-state index in [2.05, 4.69) is 10.3 Å². The molecule has 2 aromatic rings. The maximum atomic E-state index is 12.8. The lowest BCUT2D eigenvalue weighted by atomic mass is 9.97. The Morgan fingerprint density at radius 2 is 2.00 bits per heavy atom. The minimum Gasteiger partial charge on any atom is -0.497 e. The van der Waals surface area contributed by atoms with Crippen LogP contribution >= 0.6 is 0 Å². The number of anilines is 1. The van der Waals surface area contributed by atoms with E-state index in [-0.39, 0.29) is 24.1 Å². The van der Waals surface area contributed by atoms with E-state index in [1.54, 1.807) is 26.2 Å². The summed E-state index contributed by atoms with van der Waals surface area (Å²) in [6, 6.07) is 5.42. The van der Waals surface area contributed by atoms with Crippen molar-refractivity contribution in [3.05, 3.63) is 46.3 Å². The summed E-state index contributed by atoms with van der Waals surface area (Å²) in [5, 5.41) is 2.87. The highest BCUT2D eigenvalue weighted by molar-refractivity contribution is 6.35. The second kappa shape index (κ2) is 8.79. The van der Waals surface area contributed by atoms with Crippen molar-refractivity contribution in [2.24, 2.45) is 0 Å². The Labute approximate surface area is 180 Å². The highest BCUT2D eigenvalue weighted by atomic mass is 16.5. The van der Waals surface area contributed by atoms with Crippen LogP contribution in [-0.2, 0) is 27.2 Å². The van der Waals surface area contributed by atoms with Crippen LogP contribution in [0, 0.1) is 0 Å². The van der Waals surface area contributed by atoms with Crippen molar-refractivity contribution < 1.29 is 23.9 Å².